The van der Waals surface area contributed by atoms with Crippen molar-refractivity contribution in [2.75, 3.05) is 17.7 Å². The molecule has 0 spiro atoms. The van der Waals surface area contributed by atoms with Gasteiger partial charge in [0.15, 0.2) is 0 Å². The Bertz CT molecular complexity index is 1270. The fraction of sp³-hybridized carbons (Fsp3) is 0.435. The van der Waals surface area contributed by atoms with E-state index < -0.39 is 30.3 Å². The Morgan fingerprint density at radius 1 is 1.22 bits per heavy atom. The number of hydrogen-bond acceptors (Lipinski definition) is 5. The van der Waals surface area contributed by atoms with Crippen molar-refractivity contribution in [1.29, 1.82) is 0 Å². The zero-order valence-electron chi connectivity index (χ0n) is 20.2. The highest BCUT2D eigenvalue weighted by atomic mass is 32.2. The van der Waals surface area contributed by atoms with E-state index in [1.54, 1.807) is 26.8 Å². The van der Waals surface area contributed by atoms with Crippen molar-refractivity contribution >= 4 is 34.4 Å². The van der Waals surface area contributed by atoms with Gasteiger partial charge in [0, 0.05) is 18.6 Å². The summed E-state index contributed by atoms with van der Waals surface area (Å²) in [6.45, 7) is 5.42. The van der Waals surface area contributed by atoms with Gasteiger partial charge in [-0.1, -0.05) is 6.92 Å². The van der Waals surface area contributed by atoms with Gasteiger partial charge in [0.05, 0.1) is 23.2 Å². The van der Waals surface area contributed by atoms with Gasteiger partial charge in [-0.3, -0.25) is 4.90 Å². The lowest BCUT2D eigenvalue weighted by Crippen LogP contribution is -2.40. The van der Waals surface area contributed by atoms with Crippen molar-refractivity contribution in [2.24, 2.45) is 0 Å². The molecular formula is C23H25F5N4O3S. The Balaban J connectivity index is 2.01. The number of fused-ring (bicyclic) bond motifs is 1. The third-order valence-corrected chi connectivity index (χ3v) is 5.93. The molecule has 0 aliphatic carbocycles. The maximum Gasteiger partial charge on any atom is 0.455 e. The monoisotopic (exact) mass is 532 g/mol. The number of carbonyl (C=O) groups is 1. The summed E-state index contributed by atoms with van der Waals surface area (Å²) >= 11 is 1.32. The van der Waals surface area contributed by atoms with Crippen LogP contribution >= 0.6 is 11.8 Å². The number of nitrogens with zero attached hydrogens (tertiary/aromatic N) is 4. The molecule has 0 radical (unpaired) electrons. The first-order chi connectivity index (χ1) is 16.5. The molecule has 3 heterocycles. The van der Waals surface area contributed by atoms with Crippen LogP contribution in [0.1, 0.15) is 27.7 Å². The van der Waals surface area contributed by atoms with Crippen LogP contribution in [0.25, 0.3) is 22.3 Å². The van der Waals surface area contributed by atoms with E-state index >= 15 is 0 Å². The van der Waals surface area contributed by atoms with Crippen LogP contribution in [0.5, 0.6) is 0 Å². The fourth-order valence-electron chi connectivity index (χ4n) is 3.32. The van der Waals surface area contributed by atoms with Crippen LogP contribution in [0.15, 0.2) is 41.7 Å². The summed E-state index contributed by atoms with van der Waals surface area (Å²) in [5, 5.41) is 13.4. The van der Waals surface area contributed by atoms with Crippen LogP contribution in [0.3, 0.4) is 0 Å². The molecule has 36 heavy (non-hydrogen) atoms. The number of hydrogen-bond donors (Lipinski definition) is 0. The number of rotatable bonds is 6. The number of halogens is 5. The zero-order chi connectivity index (χ0) is 27.1. The first-order valence-corrected chi connectivity index (χ1v) is 11.8. The molecular weight excluding hydrogens is 507 g/mol. The third-order valence-electron chi connectivity index (χ3n) is 5.02. The minimum atomic E-state index is -5.69. The van der Waals surface area contributed by atoms with E-state index in [9.17, 15) is 32.0 Å². The van der Waals surface area contributed by atoms with Gasteiger partial charge in [0.2, 0.25) is 6.20 Å². The number of anilines is 1. The standard InChI is InChI=1S/C23H25F5N4O3S/c1-6-36-18-10-15(30(5)20(33)35-21(2,3)4)12-32(34)19(18)16-9-14-7-8-31(17(14)11-29-16)13-22(24,25)23(26,27)28/h7-12H,6,13H2,1-5H3. The van der Waals surface area contributed by atoms with Crippen molar-refractivity contribution in [3.8, 4) is 11.4 Å². The number of aromatic nitrogens is 3. The molecule has 196 valence electrons. The summed E-state index contributed by atoms with van der Waals surface area (Å²) in [5.74, 6) is -4.34. The third kappa shape index (κ3) is 5.82. The minimum Gasteiger partial charge on any atom is -0.618 e. The van der Waals surface area contributed by atoms with Gasteiger partial charge < -0.3 is 14.5 Å². The van der Waals surface area contributed by atoms with Crippen LogP contribution in [0.4, 0.5) is 32.4 Å². The summed E-state index contributed by atoms with van der Waals surface area (Å²) in [5.41, 5.74) is -0.0511. The lowest BCUT2D eigenvalue weighted by Gasteiger charge is -2.24. The lowest BCUT2D eigenvalue weighted by molar-refractivity contribution is -0.595. The highest BCUT2D eigenvalue weighted by Gasteiger charge is 2.57. The molecule has 0 fully saturated rings. The molecule has 3 rings (SSSR count). The van der Waals surface area contributed by atoms with E-state index in [2.05, 4.69) is 4.98 Å². The maximum atomic E-state index is 13.6. The SMILES string of the molecule is CCSc1cc(N(C)C(=O)OC(C)(C)C)c[n+]([O-])c1-c1cc2ccn(CC(F)(F)C(F)(F)F)c2cn1. The zero-order valence-corrected chi connectivity index (χ0v) is 21.0. The van der Waals surface area contributed by atoms with Crippen molar-refractivity contribution in [1.82, 2.24) is 9.55 Å². The summed E-state index contributed by atoms with van der Waals surface area (Å²) < 4.78 is 71.7. The van der Waals surface area contributed by atoms with Gasteiger partial charge >= 0.3 is 18.2 Å². The van der Waals surface area contributed by atoms with Crippen LogP contribution in [-0.4, -0.2) is 46.1 Å². The van der Waals surface area contributed by atoms with Crippen molar-refractivity contribution in [2.45, 2.75) is 56.8 Å². The number of pyridine rings is 2. The van der Waals surface area contributed by atoms with Gasteiger partial charge in [-0.15, -0.1) is 11.8 Å². The first-order valence-electron chi connectivity index (χ1n) is 10.8. The van der Waals surface area contributed by atoms with Crippen LogP contribution in [0.2, 0.25) is 0 Å². The van der Waals surface area contributed by atoms with Crippen LogP contribution in [-0.2, 0) is 11.3 Å². The van der Waals surface area contributed by atoms with E-state index in [0.717, 1.165) is 17.0 Å². The quantitative estimate of drug-likeness (QED) is 0.168. The normalized spacial score (nSPS) is 12.7. The number of amides is 1. The lowest BCUT2D eigenvalue weighted by atomic mass is 10.2. The number of thioether (sulfide) groups is 1. The van der Waals surface area contributed by atoms with E-state index in [1.165, 1.54) is 42.0 Å². The van der Waals surface area contributed by atoms with E-state index in [-0.39, 0.29) is 22.6 Å². The molecule has 7 nitrogen and oxygen atoms in total. The number of carbonyl (C=O) groups excluding carboxylic acids is 1. The Kier molecular flexibility index (Phi) is 7.45. The Labute approximate surface area is 208 Å². The molecule has 0 unspecified atom stereocenters. The van der Waals surface area contributed by atoms with Crippen LogP contribution < -0.4 is 9.63 Å². The molecule has 0 aromatic carbocycles. The Morgan fingerprint density at radius 2 is 1.89 bits per heavy atom. The van der Waals surface area contributed by atoms with E-state index in [1.807, 2.05) is 6.92 Å². The summed E-state index contributed by atoms with van der Waals surface area (Å²) in [7, 11) is 1.47. The topological polar surface area (TPSA) is 74.3 Å². The van der Waals surface area contributed by atoms with Gasteiger partial charge in [0.25, 0.3) is 5.69 Å². The molecule has 0 bridgehead atoms. The van der Waals surface area contributed by atoms with Crippen LogP contribution in [0, 0.1) is 5.21 Å². The van der Waals surface area contributed by atoms with E-state index in [4.69, 9.17) is 4.74 Å². The maximum absolute atomic E-state index is 13.6. The predicted octanol–water partition coefficient (Wildman–Crippen LogP) is 6.02. The molecule has 0 aliphatic rings. The van der Waals surface area contributed by atoms with Crippen molar-refractivity contribution in [3.63, 3.8) is 0 Å². The molecule has 3 aromatic heterocycles. The predicted molar refractivity (Wildman–Crippen MR) is 126 cm³/mol. The van der Waals surface area contributed by atoms with Crippen molar-refractivity contribution < 1.29 is 36.2 Å². The largest absolute Gasteiger partial charge is 0.618 e. The smallest absolute Gasteiger partial charge is 0.455 e. The second-order valence-corrected chi connectivity index (χ2v) is 10.3. The molecule has 0 atom stereocenters. The number of ether oxygens (including phenoxy) is 1. The summed E-state index contributed by atoms with van der Waals surface area (Å²) in [4.78, 5) is 18.3. The van der Waals surface area contributed by atoms with E-state index in [0.29, 0.717) is 20.8 Å². The Morgan fingerprint density at radius 3 is 2.47 bits per heavy atom. The molecule has 0 saturated carbocycles. The average Bonchev–Trinajstić information content (AvgIpc) is 3.12. The fourth-order valence-corrected chi connectivity index (χ4v) is 4.16. The minimum absolute atomic E-state index is 0.0612. The van der Waals surface area contributed by atoms with Gasteiger partial charge in [-0.25, -0.2) is 9.78 Å². The summed E-state index contributed by atoms with van der Waals surface area (Å²) in [6.07, 6.45) is -2.90. The van der Waals surface area contributed by atoms with Gasteiger partial charge in [-0.2, -0.15) is 26.7 Å². The Hall–Kier alpha value is -3.09. The highest BCUT2D eigenvalue weighted by molar-refractivity contribution is 7.99. The van der Waals surface area contributed by atoms with Gasteiger partial charge in [0.1, 0.15) is 17.0 Å². The second-order valence-electron chi connectivity index (χ2n) is 8.98. The average molecular weight is 533 g/mol. The molecule has 0 N–H and O–H groups in total. The number of alkyl halides is 5. The molecule has 1 amide bonds. The molecule has 3 aromatic rings. The molecule has 13 heteroatoms. The first kappa shape index (κ1) is 27.5. The molecule has 0 aliphatic heterocycles. The molecule has 0 saturated heterocycles. The van der Waals surface area contributed by atoms with Crippen molar-refractivity contribution in [3.05, 3.63) is 42.0 Å². The highest BCUT2D eigenvalue weighted by Crippen LogP contribution is 2.38. The second kappa shape index (κ2) is 9.75. The van der Waals surface area contributed by atoms with Gasteiger partial charge in [-0.05, 0) is 44.7 Å². The summed E-state index contributed by atoms with van der Waals surface area (Å²) in [6, 6.07) is 4.44.